The number of aliphatic hydroxyl groups excluding tert-OH is 1. The van der Waals surface area contributed by atoms with Gasteiger partial charge in [0.2, 0.25) is 0 Å². The summed E-state index contributed by atoms with van der Waals surface area (Å²) in [5.74, 6) is 0.758. The van der Waals surface area contributed by atoms with E-state index in [9.17, 15) is 13.9 Å². The average molecular weight is 279 g/mol. The Bertz CT molecular complexity index is 492. The van der Waals surface area contributed by atoms with E-state index >= 15 is 0 Å². The standard InChI is InChI=1S/C16H19F2NO/c1-2-9-19(13-5-3-4-6-13)11-16(20)12-7-8-14(17)15(18)10-12/h1,7-8,10,13,16,20H,3-6,9,11H2. The molecule has 20 heavy (non-hydrogen) atoms. The molecular weight excluding hydrogens is 260 g/mol. The minimum absolute atomic E-state index is 0.347. The van der Waals surface area contributed by atoms with E-state index in [1.54, 1.807) is 0 Å². The van der Waals surface area contributed by atoms with Crippen LogP contribution in [-0.2, 0) is 0 Å². The third-order valence-electron chi connectivity index (χ3n) is 3.87. The van der Waals surface area contributed by atoms with Crippen molar-refractivity contribution in [2.75, 3.05) is 13.1 Å². The van der Waals surface area contributed by atoms with Crippen molar-refractivity contribution in [1.29, 1.82) is 0 Å². The fourth-order valence-corrected chi connectivity index (χ4v) is 2.78. The highest BCUT2D eigenvalue weighted by molar-refractivity contribution is 5.20. The van der Waals surface area contributed by atoms with E-state index in [4.69, 9.17) is 6.42 Å². The lowest BCUT2D eigenvalue weighted by atomic mass is 10.1. The predicted molar refractivity (Wildman–Crippen MR) is 74.0 cm³/mol. The molecular formula is C16H19F2NO. The molecule has 108 valence electrons. The highest BCUT2D eigenvalue weighted by Crippen LogP contribution is 2.25. The first-order valence-electron chi connectivity index (χ1n) is 6.92. The van der Waals surface area contributed by atoms with Crippen molar-refractivity contribution >= 4 is 0 Å². The molecule has 2 nitrogen and oxygen atoms in total. The second-order valence-electron chi connectivity index (χ2n) is 5.26. The van der Waals surface area contributed by atoms with Gasteiger partial charge in [-0.1, -0.05) is 24.8 Å². The summed E-state index contributed by atoms with van der Waals surface area (Å²) in [4.78, 5) is 2.05. The molecule has 0 aromatic heterocycles. The summed E-state index contributed by atoms with van der Waals surface area (Å²) in [6.07, 6.45) is 9.01. The molecule has 4 heteroatoms. The Morgan fingerprint density at radius 2 is 2.00 bits per heavy atom. The number of nitrogens with zero attached hydrogens (tertiary/aromatic N) is 1. The Labute approximate surface area is 118 Å². The number of benzene rings is 1. The van der Waals surface area contributed by atoms with Gasteiger partial charge in [-0.25, -0.2) is 8.78 Å². The molecule has 1 aromatic carbocycles. The average Bonchev–Trinajstić information content (AvgIpc) is 2.95. The molecule has 1 atom stereocenters. The quantitative estimate of drug-likeness (QED) is 0.838. The Kier molecular flexibility index (Phi) is 5.11. The lowest BCUT2D eigenvalue weighted by molar-refractivity contribution is 0.0967. The van der Waals surface area contributed by atoms with Crippen LogP contribution in [0.2, 0.25) is 0 Å². The van der Waals surface area contributed by atoms with Gasteiger partial charge in [0, 0.05) is 12.6 Å². The van der Waals surface area contributed by atoms with Gasteiger partial charge in [0.05, 0.1) is 12.6 Å². The first-order valence-corrected chi connectivity index (χ1v) is 6.92. The zero-order valence-corrected chi connectivity index (χ0v) is 11.4. The highest BCUT2D eigenvalue weighted by atomic mass is 19.2. The Morgan fingerprint density at radius 3 is 2.60 bits per heavy atom. The number of hydrogen-bond acceptors (Lipinski definition) is 2. The van der Waals surface area contributed by atoms with E-state index in [0.717, 1.165) is 25.0 Å². The van der Waals surface area contributed by atoms with Crippen molar-refractivity contribution in [2.24, 2.45) is 0 Å². The molecule has 1 aliphatic rings. The summed E-state index contributed by atoms with van der Waals surface area (Å²) in [6.45, 7) is 0.811. The lowest BCUT2D eigenvalue weighted by Gasteiger charge is -2.29. The van der Waals surface area contributed by atoms with Crippen LogP contribution in [0, 0.1) is 24.0 Å². The zero-order chi connectivity index (χ0) is 14.5. The molecule has 1 N–H and O–H groups in total. The van der Waals surface area contributed by atoms with E-state index < -0.39 is 17.7 Å². The van der Waals surface area contributed by atoms with E-state index in [1.165, 1.54) is 18.9 Å². The van der Waals surface area contributed by atoms with Gasteiger partial charge in [-0.3, -0.25) is 4.90 Å². The van der Waals surface area contributed by atoms with Gasteiger partial charge in [-0.05, 0) is 30.5 Å². The molecule has 0 saturated heterocycles. The number of halogens is 2. The molecule has 0 heterocycles. The van der Waals surface area contributed by atoms with E-state index in [1.807, 2.05) is 0 Å². The van der Waals surface area contributed by atoms with Crippen molar-refractivity contribution in [3.63, 3.8) is 0 Å². The van der Waals surface area contributed by atoms with Crippen LogP contribution in [0.15, 0.2) is 18.2 Å². The molecule has 2 rings (SSSR count). The summed E-state index contributed by atoms with van der Waals surface area (Å²) >= 11 is 0. The maximum atomic E-state index is 13.2. The number of aliphatic hydroxyl groups is 1. The monoisotopic (exact) mass is 279 g/mol. The van der Waals surface area contributed by atoms with Crippen LogP contribution >= 0.6 is 0 Å². The molecule has 1 aromatic rings. The largest absolute Gasteiger partial charge is 0.387 e. The van der Waals surface area contributed by atoms with Crippen molar-refractivity contribution in [1.82, 2.24) is 4.90 Å². The summed E-state index contributed by atoms with van der Waals surface area (Å²) in [5.41, 5.74) is 0.379. The van der Waals surface area contributed by atoms with Crippen molar-refractivity contribution < 1.29 is 13.9 Å². The van der Waals surface area contributed by atoms with Gasteiger partial charge < -0.3 is 5.11 Å². The molecule has 0 bridgehead atoms. The normalized spacial score (nSPS) is 17.4. The SMILES string of the molecule is C#CCN(CC(O)c1ccc(F)c(F)c1)C1CCCC1. The fraction of sp³-hybridized carbons (Fsp3) is 0.500. The van der Waals surface area contributed by atoms with Crippen LogP contribution in [0.1, 0.15) is 37.4 Å². The Hall–Kier alpha value is -1.44. The number of terminal acetylenes is 1. The summed E-state index contributed by atoms with van der Waals surface area (Å²) in [7, 11) is 0. The topological polar surface area (TPSA) is 23.5 Å². The maximum absolute atomic E-state index is 13.2. The second-order valence-corrected chi connectivity index (χ2v) is 5.26. The summed E-state index contributed by atoms with van der Waals surface area (Å²) in [5, 5.41) is 10.2. The zero-order valence-electron chi connectivity index (χ0n) is 11.4. The summed E-state index contributed by atoms with van der Waals surface area (Å²) < 4.78 is 26.1. The van der Waals surface area contributed by atoms with Crippen LogP contribution in [0.3, 0.4) is 0 Å². The summed E-state index contributed by atoms with van der Waals surface area (Å²) in [6, 6.07) is 3.87. The smallest absolute Gasteiger partial charge is 0.159 e. The first kappa shape index (κ1) is 15.0. The second kappa shape index (κ2) is 6.83. The molecule has 0 aliphatic heterocycles. The number of hydrogen-bond donors (Lipinski definition) is 1. The Balaban J connectivity index is 2.05. The molecule has 1 aliphatic carbocycles. The van der Waals surface area contributed by atoms with Gasteiger partial charge in [0.15, 0.2) is 11.6 Å². The third kappa shape index (κ3) is 3.56. The van der Waals surface area contributed by atoms with Crippen LogP contribution in [0.4, 0.5) is 8.78 Å². The predicted octanol–water partition coefficient (Wildman–Crippen LogP) is 2.88. The third-order valence-corrected chi connectivity index (χ3v) is 3.87. The minimum Gasteiger partial charge on any atom is -0.387 e. The van der Waals surface area contributed by atoms with Crippen molar-refractivity contribution in [3.8, 4) is 12.3 Å². The van der Waals surface area contributed by atoms with Gasteiger partial charge in [-0.2, -0.15) is 0 Å². The van der Waals surface area contributed by atoms with Crippen LogP contribution < -0.4 is 0 Å². The van der Waals surface area contributed by atoms with Gasteiger partial charge in [0.25, 0.3) is 0 Å². The molecule has 1 saturated carbocycles. The molecule has 1 fully saturated rings. The van der Waals surface area contributed by atoms with Crippen LogP contribution in [0.25, 0.3) is 0 Å². The van der Waals surface area contributed by atoms with Gasteiger partial charge in [0.1, 0.15) is 0 Å². The minimum atomic E-state index is -0.939. The van der Waals surface area contributed by atoms with Crippen molar-refractivity contribution in [2.45, 2.75) is 37.8 Å². The fourth-order valence-electron chi connectivity index (χ4n) is 2.78. The number of rotatable bonds is 5. The highest BCUT2D eigenvalue weighted by Gasteiger charge is 2.24. The molecule has 0 spiro atoms. The van der Waals surface area contributed by atoms with E-state index in [-0.39, 0.29) is 0 Å². The molecule has 0 amide bonds. The molecule has 0 radical (unpaired) electrons. The first-order chi connectivity index (χ1) is 9.61. The van der Waals surface area contributed by atoms with Gasteiger partial charge in [-0.15, -0.1) is 6.42 Å². The van der Waals surface area contributed by atoms with E-state index in [0.29, 0.717) is 24.7 Å². The van der Waals surface area contributed by atoms with Crippen LogP contribution in [-0.4, -0.2) is 29.1 Å². The van der Waals surface area contributed by atoms with Crippen LogP contribution in [0.5, 0.6) is 0 Å². The van der Waals surface area contributed by atoms with Crippen molar-refractivity contribution in [3.05, 3.63) is 35.4 Å². The maximum Gasteiger partial charge on any atom is 0.159 e. The molecule has 1 unspecified atom stereocenters. The van der Waals surface area contributed by atoms with Gasteiger partial charge >= 0.3 is 0 Å². The Morgan fingerprint density at radius 1 is 1.30 bits per heavy atom. The lowest BCUT2D eigenvalue weighted by Crippen LogP contribution is -2.37. The van der Waals surface area contributed by atoms with E-state index in [2.05, 4.69) is 10.8 Å².